The molecule has 2 fully saturated rings. The molecular weight excluding hydrogens is 527 g/mol. The fraction of sp³-hybridized carbons (Fsp3) is 0.720. The van der Waals surface area contributed by atoms with Gasteiger partial charge in [-0.15, -0.1) is 24.0 Å². The van der Waals surface area contributed by atoms with Crippen molar-refractivity contribution in [3.05, 3.63) is 24.3 Å². The van der Waals surface area contributed by atoms with Crippen LogP contribution in [0.15, 0.2) is 29.3 Å². The van der Waals surface area contributed by atoms with Gasteiger partial charge in [0.2, 0.25) is 0 Å². The van der Waals surface area contributed by atoms with Crippen LogP contribution in [0.3, 0.4) is 0 Å². The number of ether oxygens (including phenoxy) is 1. The molecule has 2 saturated heterocycles. The standard InChI is InChI=1S/C25H44N6O.HI/c1-4-14-29-16-11-22(12-17-29)28-25(26-5-2)27-13-6-15-30-18-20-31(21-19-30)23-7-9-24(32-3)10-8-23;/h7-10,22H,4-6,11-21H2,1-3H3,(H2,26,27,28);1H. The average molecular weight is 573 g/mol. The van der Waals surface area contributed by atoms with E-state index in [2.05, 4.69) is 51.3 Å². The maximum Gasteiger partial charge on any atom is 0.191 e. The third-order valence-corrected chi connectivity index (χ3v) is 6.52. The number of benzene rings is 1. The number of aliphatic imine (C=N–C) groups is 1. The molecule has 0 aromatic heterocycles. The maximum absolute atomic E-state index is 5.27. The van der Waals surface area contributed by atoms with Crippen molar-refractivity contribution in [3.8, 4) is 5.75 Å². The molecule has 0 spiro atoms. The van der Waals surface area contributed by atoms with Crippen LogP contribution in [0.2, 0.25) is 0 Å². The molecule has 0 radical (unpaired) electrons. The maximum atomic E-state index is 5.27. The van der Waals surface area contributed by atoms with Crippen LogP contribution in [-0.2, 0) is 0 Å². The van der Waals surface area contributed by atoms with E-state index in [1.807, 2.05) is 12.1 Å². The zero-order valence-corrected chi connectivity index (χ0v) is 23.2. The van der Waals surface area contributed by atoms with Gasteiger partial charge in [0, 0.05) is 70.6 Å². The van der Waals surface area contributed by atoms with E-state index in [9.17, 15) is 0 Å². The van der Waals surface area contributed by atoms with Crippen molar-refractivity contribution in [1.82, 2.24) is 20.4 Å². The number of anilines is 1. The summed E-state index contributed by atoms with van der Waals surface area (Å²) >= 11 is 0. The second-order valence-electron chi connectivity index (χ2n) is 8.90. The molecule has 33 heavy (non-hydrogen) atoms. The minimum atomic E-state index is 0. The van der Waals surface area contributed by atoms with E-state index >= 15 is 0 Å². The molecule has 1 aromatic carbocycles. The summed E-state index contributed by atoms with van der Waals surface area (Å²) in [5.41, 5.74) is 1.29. The fourth-order valence-corrected chi connectivity index (χ4v) is 4.64. The predicted molar refractivity (Wildman–Crippen MR) is 151 cm³/mol. The lowest BCUT2D eigenvalue weighted by Crippen LogP contribution is -2.49. The number of guanidine groups is 1. The van der Waals surface area contributed by atoms with Crippen molar-refractivity contribution >= 4 is 35.6 Å². The third-order valence-electron chi connectivity index (χ3n) is 6.52. The molecule has 2 aliphatic heterocycles. The molecule has 0 unspecified atom stereocenters. The molecule has 8 heteroatoms. The monoisotopic (exact) mass is 572 g/mol. The summed E-state index contributed by atoms with van der Waals surface area (Å²) in [5.74, 6) is 1.91. The first-order chi connectivity index (χ1) is 15.7. The minimum absolute atomic E-state index is 0. The first kappa shape index (κ1) is 28.0. The summed E-state index contributed by atoms with van der Waals surface area (Å²) in [7, 11) is 1.71. The molecule has 7 nitrogen and oxygen atoms in total. The zero-order valence-electron chi connectivity index (χ0n) is 20.9. The lowest BCUT2D eigenvalue weighted by atomic mass is 10.1. The summed E-state index contributed by atoms with van der Waals surface area (Å²) < 4.78 is 5.27. The average Bonchev–Trinajstić information content (AvgIpc) is 2.84. The third kappa shape index (κ3) is 9.48. The van der Waals surface area contributed by atoms with Gasteiger partial charge in [-0.1, -0.05) is 6.92 Å². The van der Waals surface area contributed by atoms with E-state index in [0.717, 1.165) is 63.9 Å². The van der Waals surface area contributed by atoms with Gasteiger partial charge in [0.1, 0.15) is 5.75 Å². The van der Waals surface area contributed by atoms with Gasteiger partial charge in [0.05, 0.1) is 7.11 Å². The molecule has 2 heterocycles. The molecule has 1 aromatic rings. The van der Waals surface area contributed by atoms with Crippen molar-refractivity contribution in [2.45, 2.75) is 45.6 Å². The second-order valence-corrected chi connectivity index (χ2v) is 8.90. The van der Waals surface area contributed by atoms with Crippen LogP contribution >= 0.6 is 24.0 Å². The van der Waals surface area contributed by atoms with E-state index in [1.54, 1.807) is 7.11 Å². The second kappa shape index (κ2) is 15.6. The molecular formula is C25H45IN6O. The predicted octanol–water partition coefficient (Wildman–Crippen LogP) is 3.25. The Labute approximate surface area is 218 Å². The van der Waals surface area contributed by atoms with Gasteiger partial charge >= 0.3 is 0 Å². The molecule has 0 amide bonds. The summed E-state index contributed by atoms with van der Waals surface area (Å²) in [5, 5.41) is 7.11. The van der Waals surface area contributed by atoms with Gasteiger partial charge in [-0.05, 0) is 63.4 Å². The molecule has 188 valence electrons. The van der Waals surface area contributed by atoms with Crippen molar-refractivity contribution in [2.75, 3.05) is 77.5 Å². The summed E-state index contributed by atoms with van der Waals surface area (Å²) in [6.07, 6.45) is 4.78. The van der Waals surface area contributed by atoms with Crippen LogP contribution in [0.4, 0.5) is 5.69 Å². The highest BCUT2D eigenvalue weighted by atomic mass is 127. The van der Waals surface area contributed by atoms with E-state index in [1.165, 1.54) is 44.6 Å². The summed E-state index contributed by atoms with van der Waals surface area (Å²) in [6.45, 7) is 15.3. The zero-order chi connectivity index (χ0) is 22.6. The Morgan fingerprint density at radius 1 is 0.970 bits per heavy atom. The van der Waals surface area contributed by atoms with Gasteiger partial charge in [0.15, 0.2) is 5.96 Å². The van der Waals surface area contributed by atoms with Crippen LogP contribution in [0.5, 0.6) is 5.75 Å². The Balaban J connectivity index is 0.00000385. The number of hydrogen-bond acceptors (Lipinski definition) is 5. The normalized spacial score (nSPS) is 18.6. The molecule has 3 rings (SSSR count). The van der Waals surface area contributed by atoms with Gasteiger partial charge in [-0.3, -0.25) is 9.89 Å². The lowest BCUT2D eigenvalue weighted by molar-refractivity contribution is 0.206. The number of rotatable bonds is 10. The number of methoxy groups -OCH3 is 1. The van der Waals surface area contributed by atoms with Crippen LogP contribution < -0.4 is 20.3 Å². The van der Waals surface area contributed by atoms with Crippen LogP contribution in [0, 0.1) is 0 Å². The molecule has 0 atom stereocenters. The SMILES string of the molecule is CCCN1CCC(NC(=NCCCN2CCN(c3ccc(OC)cc3)CC2)NCC)CC1.I. The van der Waals surface area contributed by atoms with E-state index < -0.39 is 0 Å². The first-order valence-electron chi connectivity index (χ1n) is 12.6. The number of piperidine rings is 1. The van der Waals surface area contributed by atoms with Gasteiger partial charge < -0.3 is 25.2 Å². The number of likely N-dealkylation sites (tertiary alicyclic amines) is 1. The topological polar surface area (TPSA) is 55.4 Å². The Morgan fingerprint density at radius 3 is 2.24 bits per heavy atom. The van der Waals surface area contributed by atoms with Crippen LogP contribution in [0.25, 0.3) is 0 Å². The number of nitrogens with one attached hydrogen (secondary N) is 2. The first-order valence-corrected chi connectivity index (χ1v) is 12.6. The molecule has 0 saturated carbocycles. The highest BCUT2D eigenvalue weighted by Crippen LogP contribution is 2.20. The Morgan fingerprint density at radius 2 is 1.64 bits per heavy atom. The molecule has 2 aliphatic rings. The largest absolute Gasteiger partial charge is 0.497 e. The minimum Gasteiger partial charge on any atom is -0.497 e. The Hall–Kier alpha value is -1.26. The van der Waals surface area contributed by atoms with Gasteiger partial charge in [-0.2, -0.15) is 0 Å². The molecule has 2 N–H and O–H groups in total. The molecule has 0 aliphatic carbocycles. The number of nitrogens with zero attached hydrogens (tertiary/aromatic N) is 4. The number of piperazine rings is 1. The number of halogens is 1. The Kier molecular flexibility index (Phi) is 13.2. The van der Waals surface area contributed by atoms with E-state index in [-0.39, 0.29) is 24.0 Å². The van der Waals surface area contributed by atoms with Crippen molar-refractivity contribution in [2.24, 2.45) is 4.99 Å². The highest BCUT2D eigenvalue weighted by Gasteiger charge is 2.19. The summed E-state index contributed by atoms with van der Waals surface area (Å²) in [4.78, 5) is 12.5. The van der Waals surface area contributed by atoms with Crippen LogP contribution in [-0.4, -0.2) is 94.4 Å². The molecule has 0 bridgehead atoms. The fourth-order valence-electron chi connectivity index (χ4n) is 4.64. The van der Waals surface area contributed by atoms with Crippen molar-refractivity contribution in [3.63, 3.8) is 0 Å². The van der Waals surface area contributed by atoms with E-state index in [0.29, 0.717) is 6.04 Å². The van der Waals surface area contributed by atoms with Crippen molar-refractivity contribution in [1.29, 1.82) is 0 Å². The quantitative estimate of drug-likeness (QED) is 0.194. The Bertz CT molecular complexity index is 670. The lowest BCUT2D eigenvalue weighted by Gasteiger charge is -2.36. The van der Waals surface area contributed by atoms with Gasteiger partial charge in [-0.25, -0.2) is 0 Å². The smallest absolute Gasteiger partial charge is 0.191 e. The summed E-state index contributed by atoms with van der Waals surface area (Å²) in [6, 6.07) is 8.96. The van der Waals surface area contributed by atoms with E-state index in [4.69, 9.17) is 9.73 Å². The van der Waals surface area contributed by atoms with Crippen molar-refractivity contribution < 1.29 is 4.74 Å². The highest BCUT2D eigenvalue weighted by molar-refractivity contribution is 14.0. The number of hydrogen-bond donors (Lipinski definition) is 2. The van der Waals surface area contributed by atoms with Crippen LogP contribution in [0.1, 0.15) is 39.5 Å². The van der Waals surface area contributed by atoms with Gasteiger partial charge in [0.25, 0.3) is 0 Å².